The summed E-state index contributed by atoms with van der Waals surface area (Å²) in [5.74, 6) is -0.506. The Morgan fingerprint density at radius 3 is 2.59 bits per heavy atom. The van der Waals surface area contributed by atoms with Gasteiger partial charge in [0.2, 0.25) is 0 Å². The van der Waals surface area contributed by atoms with E-state index in [1.165, 1.54) is 6.07 Å². The standard InChI is InChI=1S/C29H27FN8O/c30-26-13-20(1-2-24(26)19-3-8-31-9-4-19)29(39)36-11-6-22(7-12-36)37-16-23(17-37)38-15-21(14-35-38)27-25-5-10-32-28(25)34-18-33-27/h1-5,8-10,13-15,18,22-23H,6-7,11-12,16-17H2,(H,32,33,34). The minimum absolute atomic E-state index is 0.111. The lowest BCUT2D eigenvalue weighted by molar-refractivity contribution is 0.0198. The Morgan fingerprint density at radius 1 is 0.974 bits per heavy atom. The van der Waals surface area contributed by atoms with Gasteiger partial charge in [-0.2, -0.15) is 5.10 Å². The van der Waals surface area contributed by atoms with Gasteiger partial charge in [0.15, 0.2) is 0 Å². The summed E-state index contributed by atoms with van der Waals surface area (Å²) >= 11 is 0. The number of carbonyl (C=O) groups is 1. The van der Waals surface area contributed by atoms with E-state index in [-0.39, 0.29) is 5.91 Å². The van der Waals surface area contributed by atoms with E-state index in [4.69, 9.17) is 0 Å². The van der Waals surface area contributed by atoms with Crippen LogP contribution in [-0.2, 0) is 0 Å². The molecule has 2 saturated heterocycles. The van der Waals surface area contributed by atoms with Crippen molar-refractivity contribution >= 4 is 16.9 Å². The van der Waals surface area contributed by atoms with E-state index < -0.39 is 5.82 Å². The highest BCUT2D eigenvalue weighted by Crippen LogP contribution is 2.31. The number of nitrogens with one attached hydrogen (secondary N) is 1. The molecular formula is C29H27FN8O. The topological polar surface area (TPSA) is 95.8 Å². The normalized spacial score (nSPS) is 17.0. The number of pyridine rings is 1. The van der Waals surface area contributed by atoms with Gasteiger partial charge in [-0.05, 0) is 48.7 Å². The zero-order chi connectivity index (χ0) is 26.3. The number of halogens is 1. The van der Waals surface area contributed by atoms with E-state index >= 15 is 0 Å². The number of aromatic amines is 1. The number of H-pyrrole nitrogens is 1. The van der Waals surface area contributed by atoms with Crippen molar-refractivity contribution in [1.82, 2.24) is 39.5 Å². The summed E-state index contributed by atoms with van der Waals surface area (Å²) < 4.78 is 16.8. The molecule has 39 heavy (non-hydrogen) atoms. The fraction of sp³-hybridized carbons (Fsp3) is 0.276. The van der Waals surface area contributed by atoms with Crippen LogP contribution in [0.25, 0.3) is 33.4 Å². The SMILES string of the molecule is O=C(c1ccc(-c2ccncc2)c(F)c1)N1CCC(N2CC(n3cc(-c4ncnc5[nH]ccc45)cn3)C2)CC1. The third kappa shape index (κ3) is 4.36. The number of piperidine rings is 1. The van der Waals surface area contributed by atoms with Gasteiger partial charge in [0.05, 0.1) is 17.9 Å². The first-order valence-corrected chi connectivity index (χ1v) is 13.2. The van der Waals surface area contributed by atoms with Crippen molar-refractivity contribution in [2.24, 2.45) is 0 Å². The van der Waals surface area contributed by atoms with E-state index in [2.05, 4.69) is 36.1 Å². The van der Waals surface area contributed by atoms with Gasteiger partial charge in [0.1, 0.15) is 17.8 Å². The van der Waals surface area contributed by atoms with Gasteiger partial charge in [-0.3, -0.25) is 19.4 Å². The Balaban J connectivity index is 0.942. The fourth-order valence-corrected chi connectivity index (χ4v) is 5.75. The number of aromatic nitrogens is 6. The third-order valence-corrected chi connectivity index (χ3v) is 7.97. The predicted molar refractivity (Wildman–Crippen MR) is 144 cm³/mol. The van der Waals surface area contributed by atoms with Gasteiger partial charge in [-0.25, -0.2) is 14.4 Å². The maximum Gasteiger partial charge on any atom is 0.253 e. The largest absolute Gasteiger partial charge is 0.346 e. The summed E-state index contributed by atoms with van der Waals surface area (Å²) in [5, 5.41) is 5.61. The first kappa shape index (κ1) is 23.7. The van der Waals surface area contributed by atoms with Crippen molar-refractivity contribution in [1.29, 1.82) is 0 Å². The second kappa shape index (κ2) is 9.70. The minimum Gasteiger partial charge on any atom is -0.346 e. The molecule has 6 heterocycles. The van der Waals surface area contributed by atoms with Gasteiger partial charge in [-0.15, -0.1) is 0 Å². The Labute approximate surface area is 224 Å². The van der Waals surface area contributed by atoms with E-state index in [1.807, 2.05) is 28.0 Å². The molecular weight excluding hydrogens is 495 g/mol. The van der Waals surface area contributed by atoms with E-state index in [9.17, 15) is 9.18 Å². The lowest BCUT2D eigenvalue weighted by Crippen LogP contribution is -2.56. The molecule has 1 aromatic carbocycles. The Kier molecular flexibility index (Phi) is 5.89. The smallest absolute Gasteiger partial charge is 0.253 e. The van der Waals surface area contributed by atoms with Crippen molar-refractivity contribution in [3.63, 3.8) is 0 Å². The van der Waals surface area contributed by atoms with Gasteiger partial charge in [0.25, 0.3) is 5.91 Å². The summed E-state index contributed by atoms with van der Waals surface area (Å²) in [6.07, 6.45) is 12.5. The van der Waals surface area contributed by atoms with Crippen LogP contribution in [0.3, 0.4) is 0 Å². The number of fused-ring (bicyclic) bond motifs is 1. The third-order valence-electron chi connectivity index (χ3n) is 7.97. The summed E-state index contributed by atoms with van der Waals surface area (Å²) in [7, 11) is 0. The number of carbonyl (C=O) groups excluding carboxylic acids is 1. The molecule has 2 aliphatic rings. The number of hydrogen-bond acceptors (Lipinski definition) is 6. The Morgan fingerprint density at radius 2 is 1.79 bits per heavy atom. The van der Waals surface area contributed by atoms with Crippen LogP contribution in [0.1, 0.15) is 29.2 Å². The van der Waals surface area contributed by atoms with Gasteiger partial charge in [-0.1, -0.05) is 6.07 Å². The molecule has 9 nitrogen and oxygen atoms in total. The maximum atomic E-state index is 14.8. The second-order valence-corrected chi connectivity index (χ2v) is 10.2. The molecule has 196 valence electrons. The average molecular weight is 523 g/mol. The van der Waals surface area contributed by atoms with Crippen LogP contribution in [0, 0.1) is 5.82 Å². The first-order valence-electron chi connectivity index (χ1n) is 13.2. The number of hydrogen-bond donors (Lipinski definition) is 1. The highest BCUT2D eigenvalue weighted by atomic mass is 19.1. The van der Waals surface area contributed by atoms with Crippen molar-refractivity contribution in [3.8, 4) is 22.4 Å². The number of benzene rings is 1. The van der Waals surface area contributed by atoms with Gasteiger partial charge < -0.3 is 9.88 Å². The van der Waals surface area contributed by atoms with Crippen LogP contribution in [0.2, 0.25) is 0 Å². The number of amides is 1. The Bertz CT molecular complexity index is 1630. The summed E-state index contributed by atoms with van der Waals surface area (Å²) in [4.78, 5) is 33.3. The Hall–Kier alpha value is -4.44. The average Bonchev–Trinajstić information content (AvgIpc) is 3.63. The maximum absolute atomic E-state index is 14.8. The van der Waals surface area contributed by atoms with Crippen molar-refractivity contribution < 1.29 is 9.18 Å². The van der Waals surface area contributed by atoms with Crippen molar-refractivity contribution in [2.45, 2.75) is 24.9 Å². The highest BCUT2D eigenvalue weighted by molar-refractivity contribution is 5.95. The lowest BCUT2D eigenvalue weighted by atomic mass is 9.96. The van der Waals surface area contributed by atoms with Gasteiger partial charge in [0, 0.05) is 79.1 Å². The summed E-state index contributed by atoms with van der Waals surface area (Å²) in [6.45, 7) is 3.21. The molecule has 0 bridgehead atoms. The zero-order valence-electron chi connectivity index (χ0n) is 21.2. The van der Waals surface area contributed by atoms with Crippen molar-refractivity contribution in [2.75, 3.05) is 26.2 Å². The molecule has 10 heteroatoms. The van der Waals surface area contributed by atoms with Crippen LogP contribution in [0.15, 0.2) is 73.7 Å². The predicted octanol–water partition coefficient (Wildman–Crippen LogP) is 4.18. The summed E-state index contributed by atoms with van der Waals surface area (Å²) in [6, 6.07) is 11.0. The van der Waals surface area contributed by atoms with E-state index in [1.54, 1.807) is 43.0 Å². The van der Waals surface area contributed by atoms with Crippen molar-refractivity contribution in [3.05, 3.63) is 85.1 Å². The molecule has 0 atom stereocenters. The molecule has 1 N–H and O–H groups in total. The number of rotatable bonds is 5. The molecule has 0 radical (unpaired) electrons. The molecule has 0 saturated carbocycles. The second-order valence-electron chi connectivity index (χ2n) is 10.2. The molecule has 1 amide bonds. The molecule has 2 aliphatic heterocycles. The summed E-state index contributed by atoms with van der Waals surface area (Å²) in [5.41, 5.74) is 4.29. The molecule has 5 aromatic rings. The van der Waals surface area contributed by atoms with Crippen LogP contribution in [0.4, 0.5) is 4.39 Å². The fourth-order valence-electron chi connectivity index (χ4n) is 5.75. The number of likely N-dealkylation sites (tertiary alicyclic amines) is 2. The van der Waals surface area contributed by atoms with Crippen LogP contribution < -0.4 is 0 Å². The minimum atomic E-state index is -0.396. The monoisotopic (exact) mass is 522 g/mol. The van der Waals surface area contributed by atoms with Gasteiger partial charge >= 0.3 is 0 Å². The quantitative estimate of drug-likeness (QED) is 0.372. The molecule has 0 unspecified atom stereocenters. The van der Waals surface area contributed by atoms with Crippen LogP contribution in [-0.4, -0.2) is 77.6 Å². The lowest BCUT2D eigenvalue weighted by Gasteiger charge is -2.47. The molecule has 0 spiro atoms. The molecule has 7 rings (SSSR count). The van der Waals surface area contributed by atoms with Crippen LogP contribution in [0.5, 0.6) is 0 Å². The van der Waals surface area contributed by atoms with E-state index in [0.717, 1.165) is 53.8 Å². The molecule has 4 aromatic heterocycles. The molecule has 2 fully saturated rings. The first-order chi connectivity index (χ1) is 19.1. The van der Waals surface area contributed by atoms with E-state index in [0.29, 0.717) is 36.3 Å². The highest BCUT2D eigenvalue weighted by Gasteiger charge is 2.36. The number of nitrogens with zero attached hydrogens (tertiary/aromatic N) is 7. The molecule has 0 aliphatic carbocycles. The zero-order valence-corrected chi connectivity index (χ0v) is 21.2. The van der Waals surface area contributed by atoms with Crippen LogP contribution >= 0.6 is 0 Å².